The largest absolute Gasteiger partial charge is 0.391 e. The Morgan fingerprint density at radius 1 is 1.33 bits per heavy atom. The second kappa shape index (κ2) is 7.07. The van der Waals surface area contributed by atoms with E-state index in [0.717, 1.165) is 31.2 Å². The normalized spacial score (nSPS) is 18.6. The first-order chi connectivity index (χ1) is 9.96. The van der Waals surface area contributed by atoms with Crippen LogP contribution in [0.4, 0.5) is 0 Å². The van der Waals surface area contributed by atoms with Gasteiger partial charge in [-0.1, -0.05) is 55.9 Å². The van der Waals surface area contributed by atoms with Crippen molar-refractivity contribution in [2.24, 2.45) is 5.73 Å². The van der Waals surface area contributed by atoms with Crippen LogP contribution in [0.25, 0.3) is 0 Å². The van der Waals surface area contributed by atoms with Crippen LogP contribution in [0.5, 0.6) is 0 Å². The van der Waals surface area contributed by atoms with E-state index in [1.54, 1.807) is 0 Å². The highest BCUT2D eigenvalue weighted by Gasteiger charge is 2.36. The van der Waals surface area contributed by atoms with Crippen molar-refractivity contribution in [3.8, 4) is 0 Å². The Morgan fingerprint density at radius 3 is 2.38 bits per heavy atom. The van der Waals surface area contributed by atoms with Crippen molar-refractivity contribution in [3.05, 3.63) is 20.8 Å². The SMILES string of the molecule is Cc1csc(C(=O)NC2(C(N)=S)CCCCCCC2)c1Cl. The predicted octanol–water partition coefficient (Wildman–Crippen LogP) is 4.21. The summed E-state index contributed by atoms with van der Waals surface area (Å²) in [6, 6.07) is 0. The van der Waals surface area contributed by atoms with Crippen molar-refractivity contribution in [1.82, 2.24) is 5.32 Å². The molecule has 6 heteroatoms. The fourth-order valence-corrected chi connectivity index (χ4v) is 4.23. The van der Waals surface area contributed by atoms with E-state index in [-0.39, 0.29) is 5.91 Å². The predicted molar refractivity (Wildman–Crippen MR) is 93.4 cm³/mol. The third kappa shape index (κ3) is 3.76. The summed E-state index contributed by atoms with van der Waals surface area (Å²) in [5.41, 5.74) is 6.34. The van der Waals surface area contributed by atoms with Gasteiger partial charge in [0, 0.05) is 0 Å². The van der Waals surface area contributed by atoms with Crippen LogP contribution in [0.15, 0.2) is 5.38 Å². The zero-order chi connectivity index (χ0) is 15.5. The van der Waals surface area contributed by atoms with E-state index in [1.807, 2.05) is 12.3 Å². The Morgan fingerprint density at radius 2 is 1.90 bits per heavy atom. The number of thiophene rings is 1. The van der Waals surface area contributed by atoms with Gasteiger partial charge in [-0.2, -0.15) is 0 Å². The van der Waals surface area contributed by atoms with Crippen LogP contribution >= 0.6 is 35.2 Å². The van der Waals surface area contributed by atoms with Gasteiger partial charge in [0.25, 0.3) is 5.91 Å². The lowest BCUT2D eigenvalue weighted by molar-refractivity contribution is 0.0917. The van der Waals surface area contributed by atoms with Crippen LogP contribution in [0.3, 0.4) is 0 Å². The highest BCUT2D eigenvalue weighted by Crippen LogP contribution is 2.30. The van der Waals surface area contributed by atoms with Crippen LogP contribution < -0.4 is 11.1 Å². The Hall–Kier alpha value is -0.650. The van der Waals surface area contributed by atoms with Gasteiger partial charge in [0.1, 0.15) is 4.88 Å². The number of hydrogen-bond donors (Lipinski definition) is 2. The maximum absolute atomic E-state index is 12.6. The highest BCUT2D eigenvalue weighted by molar-refractivity contribution is 7.80. The molecule has 0 aromatic carbocycles. The summed E-state index contributed by atoms with van der Waals surface area (Å²) >= 11 is 12.8. The van der Waals surface area contributed by atoms with Gasteiger partial charge in [0.15, 0.2) is 0 Å². The van der Waals surface area contributed by atoms with E-state index < -0.39 is 5.54 Å². The van der Waals surface area contributed by atoms with Crippen molar-refractivity contribution in [1.29, 1.82) is 0 Å². The average molecular weight is 345 g/mol. The molecule has 0 bridgehead atoms. The number of carbonyl (C=O) groups excluding carboxylic acids is 1. The van der Waals surface area contributed by atoms with Gasteiger partial charge in [-0.25, -0.2) is 0 Å². The Balaban J connectivity index is 2.20. The summed E-state index contributed by atoms with van der Waals surface area (Å²) in [5.74, 6) is -0.161. The second-order valence-corrected chi connectivity index (χ2v) is 7.43. The molecule has 1 saturated carbocycles. The minimum atomic E-state index is -0.561. The van der Waals surface area contributed by atoms with Crippen LogP contribution in [0, 0.1) is 6.92 Å². The molecule has 2 rings (SSSR count). The zero-order valence-electron chi connectivity index (χ0n) is 12.2. The van der Waals surface area contributed by atoms with Gasteiger partial charge < -0.3 is 11.1 Å². The van der Waals surface area contributed by atoms with Gasteiger partial charge in [0.2, 0.25) is 0 Å². The maximum Gasteiger partial charge on any atom is 0.263 e. The molecular weight excluding hydrogens is 324 g/mol. The number of hydrogen-bond acceptors (Lipinski definition) is 3. The Labute approximate surface area is 140 Å². The van der Waals surface area contributed by atoms with Gasteiger partial charge in [-0.3, -0.25) is 4.79 Å². The van der Waals surface area contributed by atoms with E-state index in [4.69, 9.17) is 29.6 Å². The van der Waals surface area contributed by atoms with E-state index in [9.17, 15) is 4.79 Å². The molecule has 3 nitrogen and oxygen atoms in total. The minimum absolute atomic E-state index is 0.161. The topological polar surface area (TPSA) is 55.1 Å². The molecule has 0 atom stereocenters. The first kappa shape index (κ1) is 16.7. The smallest absolute Gasteiger partial charge is 0.263 e. The summed E-state index contributed by atoms with van der Waals surface area (Å²) in [7, 11) is 0. The van der Waals surface area contributed by atoms with E-state index in [2.05, 4.69) is 5.32 Å². The molecular formula is C15H21ClN2OS2. The quantitative estimate of drug-likeness (QED) is 0.807. The van der Waals surface area contributed by atoms with Crippen LogP contribution in [0.1, 0.15) is 60.2 Å². The van der Waals surface area contributed by atoms with E-state index >= 15 is 0 Å². The summed E-state index contributed by atoms with van der Waals surface area (Å²) in [5, 5.41) is 5.51. The fourth-order valence-electron chi connectivity index (χ4n) is 2.80. The summed E-state index contributed by atoms with van der Waals surface area (Å²) in [6.45, 7) is 1.90. The van der Waals surface area contributed by atoms with Gasteiger partial charge in [-0.05, 0) is 30.7 Å². The number of halogens is 1. The molecule has 0 aliphatic heterocycles. The molecule has 0 saturated heterocycles. The minimum Gasteiger partial charge on any atom is -0.391 e. The monoisotopic (exact) mass is 344 g/mol. The molecule has 1 amide bonds. The zero-order valence-corrected chi connectivity index (χ0v) is 14.6. The number of rotatable bonds is 3. The molecule has 0 spiro atoms. The first-order valence-corrected chi connectivity index (χ1v) is 8.99. The molecule has 21 heavy (non-hydrogen) atoms. The standard InChI is InChI=1S/C15H21ClN2OS2/c1-10-9-21-12(11(10)16)13(19)18-15(14(17)20)7-5-3-2-4-6-8-15/h9H,2-8H2,1H3,(H2,17,20)(H,18,19). The number of amides is 1. The summed E-state index contributed by atoms with van der Waals surface area (Å²) in [6.07, 6.45) is 7.28. The van der Waals surface area contributed by atoms with E-state index in [1.165, 1.54) is 30.6 Å². The van der Waals surface area contributed by atoms with Crippen molar-refractivity contribution in [2.45, 2.75) is 57.4 Å². The van der Waals surface area contributed by atoms with Crippen molar-refractivity contribution >= 4 is 46.1 Å². The number of nitrogens with one attached hydrogen (secondary N) is 1. The van der Waals surface area contributed by atoms with Crippen LogP contribution in [-0.2, 0) is 0 Å². The summed E-state index contributed by atoms with van der Waals surface area (Å²) < 4.78 is 0. The third-order valence-electron chi connectivity index (χ3n) is 4.14. The maximum atomic E-state index is 12.6. The van der Waals surface area contributed by atoms with Crippen molar-refractivity contribution < 1.29 is 4.79 Å². The van der Waals surface area contributed by atoms with Gasteiger partial charge >= 0.3 is 0 Å². The molecule has 116 valence electrons. The molecule has 1 aliphatic rings. The molecule has 3 N–H and O–H groups in total. The molecule has 0 unspecified atom stereocenters. The van der Waals surface area contributed by atoms with Crippen LogP contribution in [-0.4, -0.2) is 16.4 Å². The number of nitrogens with two attached hydrogens (primary N) is 1. The molecule has 1 aliphatic carbocycles. The fraction of sp³-hybridized carbons (Fsp3) is 0.600. The molecule has 0 radical (unpaired) electrons. The second-order valence-electron chi connectivity index (χ2n) is 5.73. The van der Waals surface area contributed by atoms with Gasteiger partial charge in [0.05, 0.1) is 15.6 Å². The molecule has 1 aromatic rings. The lowest BCUT2D eigenvalue weighted by Crippen LogP contribution is -2.56. The Kier molecular flexibility index (Phi) is 5.63. The Bertz CT molecular complexity index is 534. The highest BCUT2D eigenvalue weighted by atomic mass is 35.5. The van der Waals surface area contributed by atoms with Crippen molar-refractivity contribution in [2.75, 3.05) is 0 Å². The van der Waals surface area contributed by atoms with Gasteiger partial charge in [-0.15, -0.1) is 11.3 Å². The number of thiocarbonyl (C=S) groups is 1. The molecule has 1 fully saturated rings. The summed E-state index contributed by atoms with van der Waals surface area (Å²) in [4.78, 5) is 13.5. The van der Waals surface area contributed by atoms with E-state index in [0.29, 0.717) is 14.9 Å². The average Bonchev–Trinajstić information content (AvgIpc) is 2.73. The number of aryl methyl sites for hydroxylation is 1. The van der Waals surface area contributed by atoms with Crippen LogP contribution in [0.2, 0.25) is 5.02 Å². The lowest BCUT2D eigenvalue weighted by atomic mass is 9.83. The van der Waals surface area contributed by atoms with Crippen molar-refractivity contribution in [3.63, 3.8) is 0 Å². The molecule has 1 heterocycles. The third-order valence-corrected chi connectivity index (χ3v) is 6.22. The first-order valence-electron chi connectivity index (χ1n) is 7.32. The number of carbonyl (C=O) groups is 1. The lowest BCUT2D eigenvalue weighted by Gasteiger charge is -2.35. The molecule has 1 aromatic heterocycles.